The van der Waals surface area contributed by atoms with Crippen LogP contribution in [0.5, 0.6) is 0 Å². The van der Waals surface area contributed by atoms with E-state index < -0.39 is 10.0 Å². The van der Waals surface area contributed by atoms with E-state index in [0.717, 1.165) is 42.9 Å². The molecule has 0 unspecified atom stereocenters. The molecule has 1 saturated heterocycles. The highest BCUT2D eigenvalue weighted by atomic mass is 32.2. The van der Waals surface area contributed by atoms with E-state index in [9.17, 15) is 8.42 Å². The summed E-state index contributed by atoms with van der Waals surface area (Å²) >= 11 is 0. The van der Waals surface area contributed by atoms with Crippen molar-refractivity contribution < 1.29 is 8.42 Å². The first-order valence-corrected chi connectivity index (χ1v) is 10.7. The SMILES string of the molecule is CCc1nn(S(=O)(=O)c2ccccc2)c2cc(N3CCN(C)CC3)ccc12. The third-order valence-electron chi connectivity index (χ3n) is 5.18. The van der Waals surface area contributed by atoms with E-state index in [4.69, 9.17) is 0 Å². The maximum absolute atomic E-state index is 13.2. The van der Waals surface area contributed by atoms with E-state index in [1.807, 2.05) is 25.1 Å². The zero-order chi connectivity index (χ0) is 19.0. The maximum atomic E-state index is 13.2. The Balaban J connectivity index is 1.84. The van der Waals surface area contributed by atoms with Crippen LogP contribution >= 0.6 is 0 Å². The van der Waals surface area contributed by atoms with Gasteiger partial charge in [-0.2, -0.15) is 17.6 Å². The van der Waals surface area contributed by atoms with Crippen molar-refractivity contribution in [2.45, 2.75) is 18.2 Å². The van der Waals surface area contributed by atoms with Crippen LogP contribution in [0.2, 0.25) is 0 Å². The summed E-state index contributed by atoms with van der Waals surface area (Å²) in [7, 11) is -1.61. The zero-order valence-corrected chi connectivity index (χ0v) is 16.5. The Morgan fingerprint density at radius 2 is 1.70 bits per heavy atom. The molecule has 0 aliphatic carbocycles. The summed E-state index contributed by atoms with van der Waals surface area (Å²) in [5.41, 5.74) is 2.49. The van der Waals surface area contributed by atoms with Crippen LogP contribution in [0.15, 0.2) is 53.4 Å². The molecule has 0 atom stereocenters. The summed E-state index contributed by atoms with van der Waals surface area (Å²) in [6, 6.07) is 14.5. The standard InChI is InChI=1S/C20H24N4O2S/c1-3-19-18-10-9-16(23-13-11-22(2)12-14-23)15-20(18)24(21-19)27(25,26)17-7-5-4-6-8-17/h4-10,15H,3,11-14H2,1-2H3. The largest absolute Gasteiger partial charge is 0.369 e. The van der Waals surface area contributed by atoms with Gasteiger partial charge in [0.1, 0.15) is 0 Å². The molecule has 1 aliphatic heterocycles. The van der Waals surface area contributed by atoms with Crippen molar-refractivity contribution in [2.24, 2.45) is 0 Å². The Kier molecular flexibility index (Phi) is 4.65. The Bertz CT molecular complexity index is 1050. The fraction of sp³-hybridized carbons (Fsp3) is 0.350. The van der Waals surface area contributed by atoms with Gasteiger partial charge >= 0.3 is 0 Å². The van der Waals surface area contributed by atoms with Crippen molar-refractivity contribution in [3.05, 3.63) is 54.2 Å². The van der Waals surface area contributed by atoms with E-state index in [1.165, 1.54) is 4.09 Å². The van der Waals surface area contributed by atoms with Crippen molar-refractivity contribution in [3.63, 3.8) is 0 Å². The van der Waals surface area contributed by atoms with Crippen molar-refractivity contribution in [1.29, 1.82) is 0 Å². The molecule has 4 rings (SSSR count). The zero-order valence-electron chi connectivity index (χ0n) is 15.7. The molecule has 0 bridgehead atoms. The molecule has 1 fully saturated rings. The lowest BCUT2D eigenvalue weighted by molar-refractivity contribution is 0.313. The summed E-state index contributed by atoms with van der Waals surface area (Å²) in [4.78, 5) is 4.85. The minimum Gasteiger partial charge on any atom is -0.369 e. The third-order valence-corrected chi connectivity index (χ3v) is 6.78. The molecular weight excluding hydrogens is 360 g/mol. The maximum Gasteiger partial charge on any atom is 0.283 e. The van der Waals surface area contributed by atoms with Gasteiger partial charge in [0.2, 0.25) is 0 Å². The van der Waals surface area contributed by atoms with Gasteiger partial charge in [-0.25, -0.2) is 0 Å². The number of likely N-dealkylation sites (N-methyl/N-ethyl adjacent to an activating group) is 1. The second-order valence-corrected chi connectivity index (χ2v) is 8.72. The smallest absolute Gasteiger partial charge is 0.283 e. The number of hydrogen-bond donors (Lipinski definition) is 0. The van der Waals surface area contributed by atoms with E-state index in [2.05, 4.69) is 28.0 Å². The fourth-order valence-electron chi connectivity index (χ4n) is 3.54. The lowest BCUT2D eigenvalue weighted by Crippen LogP contribution is -2.44. The van der Waals surface area contributed by atoms with E-state index in [0.29, 0.717) is 11.9 Å². The average Bonchev–Trinajstić information content (AvgIpc) is 3.08. The topological polar surface area (TPSA) is 58.4 Å². The Morgan fingerprint density at radius 3 is 2.37 bits per heavy atom. The second kappa shape index (κ2) is 6.98. The summed E-state index contributed by atoms with van der Waals surface area (Å²) in [6.45, 7) is 5.86. The molecule has 142 valence electrons. The van der Waals surface area contributed by atoms with Gasteiger partial charge in [-0.1, -0.05) is 25.1 Å². The summed E-state index contributed by atoms with van der Waals surface area (Å²) in [5.74, 6) is 0. The number of anilines is 1. The predicted octanol–water partition coefficient (Wildman–Crippen LogP) is 2.59. The van der Waals surface area contributed by atoms with Crippen molar-refractivity contribution in [3.8, 4) is 0 Å². The van der Waals surface area contributed by atoms with E-state index in [-0.39, 0.29) is 4.90 Å². The molecule has 0 spiro atoms. The number of hydrogen-bond acceptors (Lipinski definition) is 5. The molecule has 0 saturated carbocycles. The van der Waals surface area contributed by atoms with Gasteiger partial charge in [0.05, 0.1) is 16.1 Å². The van der Waals surface area contributed by atoms with Crippen molar-refractivity contribution >= 4 is 26.6 Å². The fourth-order valence-corrected chi connectivity index (χ4v) is 4.85. The highest BCUT2D eigenvalue weighted by Gasteiger charge is 2.23. The molecule has 0 amide bonds. The van der Waals surface area contributed by atoms with Crippen molar-refractivity contribution in [1.82, 2.24) is 14.1 Å². The molecule has 2 aromatic carbocycles. The Morgan fingerprint density at radius 1 is 1.00 bits per heavy atom. The predicted molar refractivity (Wildman–Crippen MR) is 108 cm³/mol. The highest BCUT2D eigenvalue weighted by Crippen LogP contribution is 2.28. The molecule has 0 radical (unpaired) electrons. The van der Waals surface area contributed by atoms with Crippen LogP contribution in [0, 0.1) is 0 Å². The van der Waals surface area contributed by atoms with Crippen LogP contribution < -0.4 is 4.90 Å². The van der Waals surface area contributed by atoms with E-state index in [1.54, 1.807) is 24.3 Å². The van der Waals surface area contributed by atoms with Gasteiger partial charge in [-0.05, 0) is 43.8 Å². The van der Waals surface area contributed by atoms with Crippen LogP contribution in [0.25, 0.3) is 10.9 Å². The van der Waals surface area contributed by atoms with Crippen LogP contribution in [0.1, 0.15) is 12.6 Å². The minimum absolute atomic E-state index is 0.252. The van der Waals surface area contributed by atoms with Gasteiger partial charge in [-0.3, -0.25) is 0 Å². The van der Waals surface area contributed by atoms with Gasteiger partial charge in [0.25, 0.3) is 10.0 Å². The molecule has 1 aromatic heterocycles. The van der Waals surface area contributed by atoms with Crippen LogP contribution in [0.4, 0.5) is 5.69 Å². The summed E-state index contributed by atoms with van der Waals surface area (Å²) in [6.07, 6.45) is 0.682. The van der Waals surface area contributed by atoms with Gasteiger partial charge in [0, 0.05) is 37.3 Å². The molecule has 0 N–H and O–H groups in total. The highest BCUT2D eigenvalue weighted by molar-refractivity contribution is 7.90. The molecular formula is C20H24N4O2S. The lowest BCUT2D eigenvalue weighted by Gasteiger charge is -2.34. The first-order chi connectivity index (χ1) is 13.0. The first kappa shape index (κ1) is 18.0. The molecule has 7 heteroatoms. The number of benzene rings is 2. The number of nitrogens with zero attached hydrogens (tertiary/aromatic N) is 4. The molecule has 3 aromatic rings. The second-order valence-electron chi connectivity index (χ2n) is 6.95. The van der Waals surface area contributed by atoms with Crippen molar-refractivity contribution in [2.75, 3.05) is 38.1 Å². The number of aromatic nitrogens is 2. The van der Waals surface area contributed by atoms with Gasteiger partial charge in [0.15, 0.2) is 0 Å². The number of rotatable bonds is 4. The summed E-state index contributed by atoms with van der Waals surface area (Å²) < 4.78 is 27.6. The number of piperazine rings is 1. The normalized spacial score (nSPS) is 16.1. The number of aryl methyl sites for hydroxylation is 1. The van der Waals surface area contributed by atoms with Gasteiger partial charge < -0.3 is 9.80 Å². The quantitative estimate of drug-likeness (QED) is 0.692. The molecule has 27 heavy (non-hydrogen) atoms. The minimum atomic E-state index is -3.73. The van der Waals surface area contributed by atoms with Crippen LogP contribution in [0.3, 0.4) is 0 Å². The van der Waals surface area contributed by atoms with Crippen LogP contribution in [-0.4, -0.2) is 55.7 Å². The monoisotopic (exact) mass is 384 g/mol. The summed E-state index contributed by atoms with van der Waals surface area (Å²) in [5, 5.41) is 5.35. The van der Waals surface area contributed by atoms with Crippen LogP contribution in [-0.2, 0) is 16.4 Å². The molecule has 2 heterocycles. The van der Waals surface area contributed by atoms with Gasteiger partial charge in [-0.15, -0.1) is 0 Å². The van der Waals surface area contributed by atoms with E-state index >= 15 is 0 Å². The lowest BCUT2D eigenvalue weighted by atomic mass is 10.1. The molecule has 1 aliphatic rings. The first-order valence-electron chi connectivity index (χ1n) is 9.26. The Labute approximate surface area is 160 Å². The average molecular weight is 385 g/mol. The number of fused-ring (bicyclic) bond motifs is 1. The molecule has 6 nitrogen and oxygen atoms in total. The third kappa shape index (κ3) is 3.21. The Hall–Kier alpha value is -2.38.